The van der Waals surface area contributed by atoms with Crippen LogP contribution in [-0.2, 0) is 4.74 Å². The summed E-state index contributed by atoms with van der Waals surface area (Å²) >= 11 is 0. The molecule has 0 aliphatic heterocycles. The van der Waals surface area contributed by atoms with Gasteiger partial charge in [-0.3, -0.25) is 0 Å². The molecule has 0 aromatic heterocycles. The van der Waals surface area contributed by atoms with E-state index < -0.39 is 0 Å². The second kappa shape index (κ2) is 5.83. The van der Waals surface area contributed by atoms with E-state index in [4.69, 9.17) is 4.74 Å². The summed E-state index contributed by atoms with van der Waals surface area (Å²) in [5, 5.41) is 0. The molecule has 0 rings (SSSR count). The van der Waals surface area contributed by atoms with Crippen LogP contribution in [0, 0.1) is 0 Å². The van der Waals surface area contributed by atoms with Crippen LogP contribution in [0.15, 0.2) is 0 Å². The monoisotopic (exact) mass is 174 g/mol. The average Bonchev–Trinajstić information content (AvgIpc) is 1.97. The molecule has 0 unspecified atom stereocenters. The Morgan fingerprint density at radius 2 is 1.83 bits per heavy atom. The Hall–Kier alpha value is -0.770. The summed E-state index contributed by atoms with van der Waals surface area (Å²) in [7, 11) is 7.34. The van der Waals surface area contributed by atoms with Crippen LogP contribution in [0.1, 0.15) is 6.42 Å². The average molecular weight is 174 g/mol. The van der Waals surface area contributed by atoms with Crippen LogP contribution in [-0.4, -0.2) is 57.2 Å². The van der Waals surface area contributed by atoms with Gasteiger partial charge in [0.15, 0.2) is 0 Å². The Kier molecular flexibility index (Phi) is 5.45. The van der Waals surface area contributed by atoms with Crippen LogP contribution in [0.25, 0.3) is 0 Å². The number of hydrogen-bond acceptors (Lipinski definition) is 3. The van der Waals surface area contributed by atoms with E-state index in [1.807, 2.05) is 14.1 Å². The van der Waals surface area contributed by atoms with Crippen molar-refractivity contribution in [2.24, 2.45) is 0 Å². The predicted molar refractivity (Wildman–Crippen MR) is 48.2 cm³/mol. The Bertz CT molecular complexity index is 135. The molecule has 0 aliphatic rings. The molecule has 1 amide bonds. The summed E-state index contributed by atoms with van der Waals surface area (Å²) in [4.78, 5) is 14.4. The maximum absolute atomic E-state index is 10.9. The van der Waals surface area contributed by atoms with Crippen molar-refractivity contribution in [1.29, 1.82) is 0 Å². The number of carbonyl (C=O) groups excluding carboxylic acids is 1. The Morgan fingerprint density at radius 1 is 1.25 bits per heavy atom. The summed E-state index contributed by atoms with van der Waals surface area (Å²) in [5.74, 6) is 0. The molecular formula is C8H18N2O2. The van der Waals surface area contributed by atoms with Crippen molar-refractivity contribution < 1.29 is 9.53 Å². The van der Waals surface area contributed by atoms with Gasteiger partial charge in [0, 0.05) is 20.6 Å². The normalized spacial score (nSPS) is 10.1. The van der Waals surface area contributed by atoms with Gasteiger partial charge in [-0.1, -0.05) is 0 Å². The zero-order chi connectivity index (χ0) is 9.56. The maximum atomic E-state index is 10.9. The first-order valence-corrected chi connectivity index (χ1v) is 4.03. The van der Waals surface area contributed by atoms with Gasteiger partial charge < -0.3 is 14.5 Å². The molecule has 0 bridgehead atoms. The van der Waals surface area contributed by atoms with Crippen molar-refractivity contribution >= 4 is 6.09 Å². The van der Waals surface area contributed by atoms with Crippen molar-refractivity contribution in [3.8, 4) is 0 Å². The third-order valence-corrected chi connectivity index (χ3v) is 1.34. The lowest BCUT2D eigenvalue weighted by Crippen LogP contribution is -2.24. The first-order chi connectivity index (χ1) is 5.54. The molecule has 0 aliphatic carbocycles. The number of rotatable bonds is 4. The molecule has 0 radical (unpaired) electrons. The highest BCUT2D eigenvalue weighted by Crippen LogP contribution is 1.89. The fourth-order valence-electron chi connectivity index (χ4n) is 0.669. The van der Waals surface area contributed by atoms with E-state index in [-0.39, 0.29) is 6.09 Å². The second-order valence-corrected chi connectivity index (χ2v) is 3.17. The molecule has 0 spiro atoms. The van der Waals surface area contributed by atoms with Gasteiger partial charge in [0.2, 0.25) is 0 Å². The van der Waals surface area contributed by atoms with E-state index in [1.54, 1.807) is 14.1 Å². The molecule has 0 saturated carbocycles. The lowest BCUT2D eigenvalue weighted by Gasteiger charge is -2.12. The minimum atomic E-state index is -0.270. The maximum Gasteiger partial charge on any atom is 0.409 e. The van der Waals surface area contributed by atoms with Gasteiger partial charge in [-0.2, -0.15) is 0 Å². The summed E-state index contributed by atoms with van der Waals surface area (Å²) in [5.41, 5.74) is 0. The van der Waals surface area contributed by atoms with Gasteiger partial charge >= 0.3 is 6.09 Å². The molecule has 72 valence electrons. The van der Waals surface area contributed by atoms with Gasteiger partial charge in [-0.15, -0.1) is 0 Å². The number of hydrogen-bond donors (Lipinski definition) is 0. The first kappa shape index (κ1) is 11.2. The minimum Gasteiger partial charge on any atom is -0.449 e. The zero-order valence-corrected chi connectivity index (χ0v) is 8.33. The Morgan fingerprint density at radius 3 is 2.25 bits per heavy atom. The Labute approximate surface area is 74.1 Å². The van der Waals surface area contributed by atoms with Crippen molar-refractivity contribution in [3.05, 3.63) is 0 Å². The third-order valence-electron chi connectivity index (χ3n) is 1.34. The van der Waals surface area contributed by atoms with Crippen LogP contribution < -0.4 is 0 Å². The number of nitrogens with zero attached hydrogens (tertiary/aromatic N) is 2. The smallest absolute Gasteiger partial charge is 0.409 e. The van der Waals surface area contributed by atoms with E-state index >= 15 is 0 Å². The lowest BCUT2D eigenvalue weighted by atomic mass is 10.4. The van der Waals surface area contributed by atoms with E-state index in [0.29, 0.717) is 6.61 Å². The van der Waals surface area contributed by atoms with E-state index in [0.717, 1.165) is 13.0 Å². The summed E-state index contributed by atoms with van der Waals surface area (Å²) in [6.07, 6.45) is 0.612. The van der Waals surface area contributed by atoms with E-state index in [2.05, 4.69) is 4.90 Å². The van der Waals surface area contributed by atoms with E-state index in [1.165, 1.54) is 4.90 Å². The minimum absolute atomic E-state index is 0.270. The van der Waals surface area contributed by atoms with E-state index in [9.17, 15) is 4.79 Å². The molecule has 0 N–H and O–H groups in total. The molecule has 12 heavy (non-hydrogen) atoms. The molecular weight excluding hydrogens is 156 g/mol. The van der Waals surface area contributed by atoms with Gasteiger partial charge in [0.1, 0.15) is 0 Å². The largest absolute Gasteiger partial charge is 0.449 e. The standard InChI is InChI=1S/C8H18N2O2/c1-9(2)6-5-7-12-8(11)10(3)4/h5-7H2,1-4H3. The summed E-state index contributed by atoms with van der Waals surface area (Å²) in [6, 6.07) is 0. The second-order valence-electron chi connectivity index (χ2n) is 3.17. The third kappa shape index (κ3) is 5.97. The quantitative estimate of drug-likeness (QED) is 0.586. The molecule has 0 saturated heterocycles. The van der Waals surface area contributed by atoms with Gasteiger partial charge in [-0.05, 0) is 20.5 Å². The number of carbonyl (C=O) groups is 1. The lowest BCUT2D eigenvalue weighted by molar-refractivity contribution is 0.115. The highest BCUT2D eigenvalue weighted by molar-refractivity contribution is 5.66. The molecule has 4 nitrogen and oxygen atoms in total. The topological polar surface area (TPSA) is 32.8 Å². The molecule has 0 heterocycles. The highest BCUT2D eigenvalue weighted by atomic mass is 16.6. The molecule has 4 heteroatoms. The van der Waals surface area contributed by atoms with Gasteiger partial charge in [-0.25, -0.2) is 4.79 Å². The fraction of sp³-hybridized carbons (Fsp3) is 0.875. The fourth-order valence-corrected chi connectivity index (χ4v) is 0.669. The SMILES string of the molecule is CN(C)CCCOC(=O)N(C)C. The van der Waals surface area contributed by atoms with Gasteiger partial charge in [0.25, 0.3) is 0 Å². The first-order valence-electron chi connectivity index (χ1n) is 4.03. The van der Waals surface area contributed by atoms with Crippen LogP contribution in [0.5, 0.6) is 0 Å². The predicted octanol–water partition coefficient (Wildman–Crippen LogP) is 0.636. The van der Waals surface area contributed by atoms with Crippen LogP contribution in [0.4, 0.5) is 4.79 Å². The van der Waals surface area contributed by atoms with Gasteiger partial charge in [0.05, 0.1) is 6.61 Å². The number of ether oxygens (including phenoxy) is 1. The number of amides is 1. The highest BCUT2D eigenvalue weighted by Gasteiger charge is 2.02. The van der Waals surface area contributed by atoms with Crippen LogP contribution >= 0.6 is 0 Å². The molecule has 0 fully saturated rings. The van der Waals surface area contributed by atoms with Crippen LogP contribution in [0.2, 0.25) is 0 Å². The zero-order valence-electron chi connectivity index (χ0n) is 8.33. The Balaban J connectivity index is 3.26. The molecule has 0 atom stereocenters. The van der Waals surface area contributed by atoms with Crippen molar-refractivity contribution in [3.63, 3.8) is 0 Å². The van der Waals surface area contributed by atoms with Crippen molar-refractivity contribution in [2.45, 2.75) is 6.42 Å². The van der Waals surface area contributed by atoms with Crippen molar-refractivity contribution in [2.75, 3.05) is 41.3 Å². The van der Waals surface area contributed by atoms with Crippen LogP contribution in [0.3, 0.4) is 0 Å². The molecule has 0 aromatic rings. The molecule has 0 aromatic carbocycles. The summed E-state index contributed by atoms with van der Waals surface area (Å²) in [6.45, 7) is 1.44. The summed E-state index contributed by atoms with van der Waals surface area (Å²) < 4.78 is 4.91. The van der Waals surface area contributed by atoms with Crippen molar-refractivity contribution in [1.82, 2.24) is 9.80 Å².